The molecule has 0 aromatic carbocycles. The summed E-state index contributed by atoms with van der Waals surface area (Å²) in [6.07, 6.45) is 23.0. The maximum absolute atomic E-state index is 14.4. The Kier molecular flexibility index (Phi) is 21.6. The van der Waals surface area contributed by atoms with Crippen LogP contribution >= 0.6 is 0 Å². The summed E-state index contributed by atoms with van der Waals surface area (Å²) in [5, 5.41) is 68.6. The van der Waals surface area contributed by atoms with Crippen LogP contribution in [-0.2, 0) is 38.9 Å². The number of anilines is 4. The summed E-state index contributed by atoms with van der Waals surface area (Å²) in [7, 11) is 0. The number of fused-ring (bicyclic) bond motifs is 4. The molecular formula is C85H85N25O5. The molecule has 0 unspecified atom stereocenters. The number of hydrogen-bond acceptors (Lipinski definition) is 22. The number of aromatic nitrogens is 13. The Labute approximate surface area is 662 Å². The predicted octanol–water partition coefficient (Wildman–Crippen LogP) is 10.6. The molecule has 12 aromatic rings. The van der Waals surface area contributed by atoms with E-state index < -0.39 is 12.1 Å². The number of nitrogens with zero attached hydrogens (tertiary/aromatic N) is 20. The van der Waals surface area contributed by atoms with Gasteiger partial charge in [-0.05, 0) is 135 Å². The molecule has 0 aliphatic carbocycles. The second-order valence-corrected chi connectivity index (χ2v) is 30.8. The zero-order valence-electron chi connectivity index (χ0n) is 63.9. The van der Waals surface area contributed by atoms with Crippen molar-refractivity contribution in [2.75, 3.05) is 73.6 Å². The van der Waals surface area contributed by atoms with Crippen LogP contribution in [0.4, 0.5) is 22.7 Å². The van der Waals surface area contributed by atoms with Crippen molar-refractivity contribution in [1.29, 1.82) is 21.0 Å². The number of rotatable bonds is 22. The first-order valence-corrected chi connectivity index (χ1v) is 38.8. The number of pyridine rings is 7. The summed E-state index contributed by atoms with van der Waals surface area (Å²) in [6, 6.07) is 30.0. The standard InChI is InChI=1S/C85H85N25O5/c1-51-11-23-91-72(30-51)68-38-97-85-65(81(68)102-59-32-56(43-108(46-59)76(114)9-20-88)41-104-26-15-63-79(67(36-95-83(63)104)71-6-4-5-53(3)99-71)100-57-29-52(2)39-106(44-57)74(112)7-18-86)17-28-110(85)61-34-60(47-109(48-61)77(115)10-21-89)103-80-64-16-27-105(84(64)96-37-69(80)73-33-54(49-111)12-24-92-73)40-55-31-58(45-107(42-55)75(113)8-19-87)101-78-62-13-25-93-82(62)94-35-66(78)70-14-22-90-50-98-70/h4-6,11-17,22-28,30,33,35-38,50,52,55-61,111H,7-10,29,31-32,34,39-49H2,1-3H3,(H,95,100)(H,96,103)(H,97,102)(H2,93,94,101)/t52-,55+,56+,57+,58+,59+,60+,61-/m0/s1. The van der Waals surface area contributed by atoms with Crippen molar-refractivity contribution in [3.8, 4) is 69.3 Å². The van der Waals surface area contributed by atoms with Crippen molar-refractivity contribution >= 4 is 90.5 Å². The number of amides is 4. The topological polar surface area (TPSA) is 391 Å². The van der Waals surface area contributed by atoms with Gasteiger partial charge in [0, 0.05) is 207 Å². The summed E-state index contributed by atoms with van der Waals surface area (Å²) < 4.78 is 6.31. The molecule has 0 spiro atoms. The smallest absolute Gasteiger partial charge is 0.236 e. The van der Waals surface area contributed by atoms with Gasteiger partial charge in [0.15, 0.2) is 0 Å². The van der Waals surface area contributed by atoms with Crippen LogP contribution in [0.1, 0.15) is 81.2 Å². The molecule has 30 nitrogen and oxygen atoms in total. The van der Waals surface area contributed by atoms with E-state index in [4.69, 9.17) is 29.9 Å². The average Bonchev–Trinajstić information content (AvgIpc) is 1.66. The highest BCUT2D eigenvalue weighted by Crippen LogP contribution is 2.43. The maximum Gasteiger partial charge on any atom is 0.236 e. The van der Waals surface area contributed by atoms with E-state index in [1.54, 1.807) is 56.7 Å². The zero-order valence-corrected chi connectivity index (χ0v) is 63.9. The molecule has 115 heavy (non-hydrogen) atoms. The molecule has 6 N–H and O–H groups in total. The van der Waals surface area contributed by atoms with Crippen molar-refractivity contribution in [1.82, 2.24) is 83.1 Å². The lowest BCUT2D eigenvalue weighted by Gasteiger charge is -2.39. The van der Waals surface area contributed by atoms with E-state index in [1.807, 2.05) is 118 Å². The molecule has 4 fully saturated rings. The minimum absolute atomic E-state index is 0.124. The van der Waals surface area contributed by atoms with Crippen LogP contribution in [0.2, 0.25) is 0 Å². The van der Waals surface area contributed by atoms with E-state index in [0.717, 1.165) is 78.7 Å². The Hall–Kier alpha value is -13.7. The van der Waals surface area contributed by atoms with Gasteiger partial charge in [-0.15, -0.1) is 0 Å². The molecule has 4 aliphatic heterocycles. The third kappa shape index (κ3) is 15.8. The zero-order chi connectivity index (χ0) is 79.4. The number of nitrogens with one attached hydrogen (secondary N) is 5. The molecule has 0 bridgehead atoms. The number of carbonyl (C=O) groups is 4. The summed E-state index contributed by atoms with van der Waals surface area (Å²) in [5.74, 6) is -1.18. The Morgan fingerprint density at radius 1 is 0.487 bits per heavy atom. The van der Waals surface area contributed by atoms with Gasteiger partial charge >= 0.3 is 0 Å². The molecular weight excluding hydrogens is 1450 g/mol. The summed E-state index contributed by atoms with van der Waals surface area (Å²) in [4.78, 5) is 109. The molecule has 4 aliphatic rings. The Morgan fingerprint density at radius 2 is 0.983 bits per heavy atom. The van der Waals surface area contributed by atoms with Crippen molar-refractivity contribution in [2.45, 2.75) is 122 Å². The van der Waals surface area contributed by atoms with Crippen molar-refractivity contribution in [2.24, 2.45) is 17.8 Å². The number of carbonyl (C=O) groups excluding carboxylic acids is 4. The van der Waals surface area contributed by atoms with Crippen LogP contribution in [0.5, 0.6) is 0 Å². The Bertz CT molecular complexity index is 5880. The van der Waals surface area contributed by atoms with E-state index in [-0.39, 0.29) is 105 Å². The molecule has 16 rings (SSSR count). The fourth-order valence-corrected chi connectivity index (χ4v) is 17.5. The van der Waals surface area contributed by atoms with Crippen LogP contribution in [0.15, 0.2) is 147 Å². The molecule has 0 radical (unpaired) electrons. The lowest BCUT2D eigenvalue weighted by Crippen LogP contribution is -2.49. The molecule has 30 heteroatoms. The van der Waals surface area contributed by atoms with Gasteiger partial charge in [0.25, 0.3) is 0 Å². The quantitative estimate of drug-likeness (QED) is 0.0367. The normalized spacial score (nSPS) is 19.7. The van der Waals surface area contributed by atoms with Gasteiger partial charge in [-0.25, -0.2) is 29.9 Å². The number of aliphatic hydroxyl groups excluding tert-OH is 1. The number of aliphatic hydroxyl groups is 1. The van der Waals surface area contributed by atoms with E-state index in [9.17, 15) is 45.3 Å². The minimum atomic E-state index is -0.448. The van der Waals surface area contributed by atoms with Gasteiger partial charge in [0.2, 0.25) is 23.6 Å². The lowest BCUT2D eigenvalue weighted by molar-refractivity contribution is -0.133. The van der Waals surface area contributed by atoms with Gasteiger partial charge in [-0.1, -0.05) is 13.0 Å². The van der Waals surface area contributed by atoms with Crippen LogP contribution in [0, 0.1) is 76.9 Å². The van der Waals surface area contributed by atoms with Gasteiger partial charge in [-0.2, -0.15) is 21.0 Å². The molecule has 8 atom stereocenters. The molecule has 4 amide bonds. The fourth-order valence-electron chi connectivity index (χ4n) is 17.5. The van der Waals surface area contributed by atoms with E-state index in [1.165, 1.54) is 6.33 Å². The first-order chi connectivity index (χ1) is 56.1. The number of likely N-dealkylation sites (tertiary alicyclic amines) is 4. The maximum atomic E-state index is 14.4. The monoisotopic (exact) mass is 1540 g/mol. The van der Waals surface area contributed by atoms with Crippen molar-refractivity contribution in [3.05, 3.63) is 164 Å². The largest absolute Gasteiger partial charge is 0.392 e. The number of aromatic amines is 1. The van der Waals surface area contributed by atoms with Gasteiger partial charge in [0.1, 0.15) is 54.6 Å². The highest BCUT2D eigenvalue weighted by atomic mass is 16.3. The molecule has 4 saturated heterocycles. The Morgan fingerprint density at radius 3 is 1.54 bits per heavy atom. The van der Waals surface area contributed by atoms with Crippen LogP contribution in [-0.4, -0.2) is 188 Å². The third-order valence-corrected chi connectivity index (χ3v) is 22.6. The molecule has 12 aromatic heterocycles. The fraction of sp³-hybridized carbons (Fsp3) is 0.353. The van der Waals surface area contributed by atoms with Crippen LogP contribution in [0.25, 0.3) is 89.2 Å². The van der Waals surface area contributed by atoms with Gasteiger partial charge in [0.05, 0.1) is 82.5 Å². The van der Waals surface area contributed by atoms with Crippen molar-refractivity contribution < 1.29 is 24.3 Å². The predicted molar refractivity (Wildman–Crippen MR) is 432 cm³/mol. The number of H-pyrrole nitrogens is 1. The van der Waals surface area contributed by atoms with Gasteiger partial charge in [-0.3, -0.25) is 34.1 Å². The first-order valence-electron chi connectivity index (χ1n) is 38.8. The summed E-state index contributed by atoms with van der Waals surface area (Å²) in [5.41, 5.74) is 13.8. The SMILES string of the molecule is Cc1ccnc(-c2cnc3c(ccn3[C@H]3C[C@@H](Nc4c(-c5cc(CO)ccn5)cnc5c4ccn5C[C@H]4C[C@@H](Nc5c(-c6ccncn6)cnc6[nH]ccc56)CN(C(=O)CC#N)C4)CN(C(=O)CC#N)C3)c2N[C@@H]2C[C@H](Cn3ccc4c(N[C@@H]5C[C@H](C)CN(C(=O)CC#N)C5)c(-c5cccc(C)n5)cnc43)CN(C(=O)CC#N)C2)c1. The lowest BCUT2D eigenvalue weighted by atomic mass is 9.92. The molecule has 580 valence electrons. The summed E-state index contributed by atoms with van der Waals surface area (Å²) in [6.45, 7) is 9.64. The second-order valence-electron chi connectivity index (χ2n) is 30.8. The van der Waals surface area contributed by atoms with E-state index in [0.29, 0.717) is 128 Å². The Balaban J connectivity index is 0.717. The summed E-state index contributed by atoms with van der Waals surface area (Å²) >= 11 is 0. The van der Waals surface area contributed by atoms with Crippen molar-refractivity contribution in [3.63, 3.8) is 0 Å². The first kappa shape index (κ1) is 75.3. The highest BCUT2D eigenvalue weighted by molar-refractivity contribution is 6.02. The molecule has 16 heterocycles. The number of aryl methyl sites for hydroxylation is 2. The minimum Gasteiger partial charge on any atom is -0.392 e. The van der Waals surface area contributed by atoms with E-state index >= 15 is 0 Å². The van der Waals surface area contributed by atoms with Crippen LogP contribution in [0.3, 0.4) is 0 Å². The highest BCUT2D eigenvalue weighted by Gasteiger charge is 2.38. The van der Waals surface area contributed by atoms with E-state index in [2.05, 4.69) is 86.1 Å². The second kappa shape index (κ2) is 32.9. The van der Waals surface area contributed by atoms with Crippen LogP contribution < -0.4 is 21.3 Å². The number of hydrogen-bond donors (Lipinski definition) is 6. The molecule has 0 saturated carbocycles. The number of piperidine rings is 4. The third-order valence-electron chi connectivity index (χ3n) is 22.6. The number of nitriles is 4. The van der Waals surface area contributed by atoms with Gasteiger partial charge < -0.3 is 64.7 Å². The average molecular weight is 1540 g/mol.